The summed E-state index contributed by atoms with van der Waals surface area (Å²) in [6, 6.07) is 13.0. The normalized spacial score (nSPS) is 12.5. The van der Waals surface area contributed by atoms with Crippen LogP contribution in [0.2, 0.25) is 0 Å². The van der Waals surface area contributed by atoms with Gasteiger partial charge in [-0.05, 0) is 30.2 Å². The van der Waals surface area contributed by atoms with E-state index in [0.717, 1.165) is 16.3 Å². The third-order valence-electron chi connectivity index (χ3n) is 5.30. The fraction of sp³-hybridized carbons (Fsp3) is 0.458. The summed E-state index contributed by atoms with van der Waals surface area (Å²) in [5.74, 6) is -0.822. The summed E-state index contributed by atoms with van der Waals surface area (Å²) in [4.78, 5) is 38.7. The average molecular weight is 479 g/mol. The van der Waals surface area contributed by atoms with Crippen LogP contribution >= 0.6 is 12.4 Å². The highest BCUT2D eigenvalue weighted by atomic mass is 35.5. The number of aliphatic hydroxyl groups excluding tert-OH is 1. The first-order valence-electron chi connectivity index (χ1n) is 10.9. The minimum absolute atomic E-state index is 0. The van der Waals surface area contributed by atoms with Crippen LogP contribution in [0, 0.1) is 0 Å². The largest absolute Gasteiger partial charge is 0.390 e. The molecule has 0 bridgehead atoms. The fourth-order valence-electron chi connectivity index (χ4n) is 3.50. The summed E-state index contributed by atoms with van der Waals surface area (Å²) in [5.41, 5.74) is 6.30. The zero-order valence-corrected chi connectivity index (χ0v) is 20.2. The van der Waals surface area contributed by atoms with Crippen LogP contribution in [0.25, 0.3) is 10.8 Å². The van der Waals surface area contributed by atoms with Gasteiger partial charge in [-0.2, -0.15) is 0 Å². The Kier molecular flexibility index (Phi) is 11.8. The van der Waals surface area contributed by atoms with E-state index in [1.54, 1.807) is 4.90 Å². The van der Waals surface area contributed by atoms with Crippen molar-refractivity contribution in [3.05, 3.63) is 48.0 Å². The Morgan fingerprint density at radius 2 is 1.76 bits per heavy atom. The van der Waals surface area contributed by atoms with Gasteiger partial charge in [0.05, 0.1) is 6.10 Å². The maximum atomic E-state index is 12.8. The number of nitrogens with two attached hydrogens (primary N) is 1. The maximum Gasteiger partial charge on any atom is 0.243 e. The highest BCUT2D eigenvalue weighted by molar-refractivity contribution is 5.88. The molecule has 33 heavy (non-hydrogen) atoms. The van der Waals surface area contributed by atoms with Crippen molar-refractivity contribution in [3.63, 3.8) is 0 Å². The van der Waals surface area contributed by atoms with E-state index in [1.165, 1.54) is 6.92 Å². The van der Waals surface area contributed by atoms with Gasteiger partial charge in [-0.1, -0.05) is 42.5 Å². The highest BCUT2D eigenvalue weighted by Gasteiger charge is 2.23. The number of fused-ring (bicyclic) bond motifs is 1. The lowest BCUT2D eigenvalue weighted by atomic mass is 10.0. The van der Waals surface area contributed by atoms with E-state index >= 15 is 0 Å². The van der Waals surface area contributed by atoms with Gasteiger partial charge in [0.15, 0.2) is 0 Å². The second kappa shape index (κ2) is 13.8. The molecular weight excluding hydrogens is 444 g/mol. The summed E-state index contributed by atoms with van der Waals surface area (Å²) in [7, 11) is 0. The van der Waals surface area contributed by atoms with Crippen LogP contribution in [0.15, 0.2) is 42.5 Å². The third-order valence-corrected chi connectivity index (χ3v) is 5.30. The van der Waals surface area contributed by atoms with E-state index in [9.17, 15) is 19.5 Å². The molecule has 5 N–H and O–H groups in total. The first-order chi connectivity index (χ1) is 15.2. The molecule has 0 aliphatic heterocycles. The van der Waals surface area contributed by atoms with Gasteiger partial charge in [-0.15, -0.1) is 12.4 Å². The van der Waals surface area contributed by atoms with E-state index < -0.39 is 18.1 Å². The van der Waals surface area contributed by atoms with Crippen molar-refractivity contribution in [2.24, 2.45) is 5.73 Å². The minimum Gasteiger partial charge on any atom is -0.390 e. The lowest BCUT2D eigenvalue weighted by Crippen LogP contribution is -2.50. The van der Waals surface area contributed by atoms with Gasteiger partial charge in [-0.25, -0.2) is 0 Å². The third kappa shape index (κ3) is 9.00. The number of hydrogen-bond donors (Lipinski definition) is 4. The van der Waals surface area contributed by atoms with E-state index in [2.05, 4.69) is 10.6 Å². The molecule has 1 unspecified atom stereocenters. The number of aliphatic hydroxyl groups is 1. The molecule has 0 heterocycles. The van der Waals surface area contributed by atoms with E-state index in [4.69, 9.17) is 5.73 Å². The SMILES string of the molecule is CC(=O)N(CCC(=O)N[C@H](Cc1ccc2ccccc2c1)C(=O)NCC(O)CN)C(C)C.Cl. The van der Waals surface area contributed by atoms with Crippen molar-refractivity contribution in [2.45, 2.75) is 51.8 Å². The van der Waals surface area contributed by atoms with Crippen LogP contribution in [0.3, 0.4) is 0 Å². The minimum atomic E-state index is -0.855. The smallest absolute Gasteiger partial charge is 0.243 e. The molecule has 0 fully saturated rings. The molecule has 0 radical (unpaired) electrons. The number of carbonyl (C=O) groups excluding carboxylic acids is 3. The number of carbonyl (C=O) groups is 3. The molecule has 182 valence electrons. The molecule has 0 saturated carbocycles. The summed E-state index contributed by atoms with van der Waals surface area (Å²) in [6.07, 6.45) is -0.474. The summed E-state index contributed by atoms with van der Waals surface area (Å²) in [6.45, 7) is 5.55. The summed E-state index contributed by atoms with van der Waals surface area (Å²) < 4.78 is 0. The number of nitrogens with zero attached hydrogens (tertiary/aromatic N) is 1. The second-order valence-electron chi connectivity index (χ2n) is 8.20. The molecule has 3 amide bonds. The van der Waals surface area contributed by atoms with E-state index in [-0.39, 0.29) is 56.3 Å². The summed E-state index contributed by atoms with van der Waals surface area (Å²) in [5, 5.41) is 17.2. The second-order valence-corrected chi connectivity index (χ2v) is 8.20. The molecular formula is C24H35ClN4O4. The highest BCUT2D eigenvalue weighted by Crippen LogP contribution is 2.17. The first-order valence-corrected chi connectivity index (χ1v) is 10.9. The van der Waals surface area contributed by atoms with Crippen LogP contribution < -0.4 is 16.4 Å². The number of halogens is 1. The number of benzene rings is 2. The lowest BCUT2D eigenvalue weighted by molar-refractivity contribution is -0.132. The zero-order valence-electron chi connectivity index (χ0n) is 19.4. The number of rotatable bonds is 11. The van der Waals surface area contributed by atoms with Crippen molar-refractivity contribution in [2.75, 3.05) is 19.6 Å². The number of amides is 3. The van der Waals surface area contributed by atoms with E-state index in [0.29, 0.717) is 6.42 Å². The molecule has 0 aromatic heterocycles. The molecule has 2 atom stereocenters. The molecule has 2 aromatic carbocycles. The molecule has 2 rings (SSSR count). The van der Waals surface area contributed by atoms with Crippen LogP contribution in [-0.2, 0) is 20.8 Å². The van der Waals surface area contributed by atoms with Crippen molar-refractivity contribution >= 4 is 40.9 Å². The van der Waals surface area contributed by atoms with Crippen molar-refractivity contribution < 1.29 is 19.5 Å². The molecule has 8 nitrogen and oxygen atoms in total. The van der Waals surface area contributed by atoms with Gasteiger partial charge in [0.1, 0.15) is 6.04 Å². The Morgan fingerprint density at radius 1 is 1.09 bits per heavy atom. The lowest BCUT2D eigenvalue weighted by Gasteiger charge is -2.25. The Bertz CT molecular complexity index is 938. The zero-order chi connectivity index (χ0) is 23.7. The Balaban J connectivity index is 0.00000544. The van der Waals surface area contributed by atoms with Crippen molar-refractivity contribution in [3.8, 4) is 0 Å². The fourth-order valence-corrected chi connectivity index (χ4v) is 3.50. The average Bonchev–Trinajstić information content (AvgIpc) is 2.76. The number of hydrogen-bond acceptors (Lipinski definition) is 5. The number of nitrogens with one attached hydrogen (secondary N) is 2. The molecule has 0 aliphatic rings. The predicted octanol–water partition coefficient (Wildman–Crippen LogP) is 1.37. The van der Waals surface area contributed by atoms with Crippen LogP contribution in [0.5, 0.6) is 0 Å². The van der Waals surface area contributed by atoms with Gasteiger partial charge in [0, 0.05) is 45.4 Å². The van der Waals surface area contributed by atoms with Crippen LogP contribution in [0.4, 0.5) is 0 Å². The Labute approximate surface area is 201 Å². The quantitative estimate of drug-likeness (QED) is 0.388. The predicted molar refractivity (Wildman–Crippen MR) is 132 cm³/mol. The molecule has 0 saturated heterocycles. The molecule has 9 heteroatoms. The Morgan fingerprint density at radius 3 is 2.36 bits per heavy atom. The van der Waals surface area contributed by atoms with Crippen LogP contribution in [-0.4, -0.2) is 65.5 Å². The first kappa shape index (κ1) is 28.4. The molecule has 0 spiro atoms. The maximum absolute atomic E-state index is 12.8. The van der Waals surface area contributed by atoms with Gasteiger partial charge in [0.25, 0.3) is 0 Å². The topological polar surface area (TPSA) is 125 Å². The molecule has 2 aromatic rings. The Hall–Kier alpha value is -2.68. The standard InChI is InChI=1S/C24H34N4O4.ClH/c1-16(2)28(17(3)29)11-10-23(31)27-22(24(32)26-15-21(30)14-25)13-18-8-9-19-6-4-5-7-20(19)12-18;/h4-9,12,16,21-22,30H,10-11,13-15,25H2,1-3H3,(H,26,32)(H,27,31);1H/t21?,22-;/m1./s1. The summed E-state index contributed by atoms with van der Waals surface area (Å²) >= 11 is 0. The van der Waals surface area contributed by atoms with E-state index in [1.807, 2.05) is 56.3 Å². The van der Waals surface area contributed by atoms with Gasteiger partial charge in [0.2, 0.25) is 17.7 Å². The monoisotopic (exact) mass is 478 g/mol. The van der Waals surface area contributed by atoms with Gasteiger partial charge >= 0.3 is 0 Å². The van der Waals surface area contributed by atoms with Gasteiger partial charge in [-0.3, -0.25) is 14.4 Å². The molecule has 0 aliphatic carbocycles. The van der Waals surface area contributed by atoms with Crippen molar-refractivity contribution in [1.82, 2.24) is 15.5 Å². The van der Waals surface area contributed by atoms with Gasteiger partial charge < -0.3 is 26.4 Å². The van der Waals surface area contributed by atoms with Crippen LogP contribution in [0.1, 0.15) is 32.8 Å². The van der Waals surface area contributed by atoms with Crippen molar-refractivity contribution in [1.29, 1.82) is 0 Å².